The second-order valence-electron chi connectivity index (χ2n) is 5.15. The number of carbonyl (C=O) groups is 1. The summed E-state index contributed by atoms with van der Waals surface area (Å²) in [5, 5.41) is 0. The molecule has 132 valence electrons. The van der Waals surface area contributed by atoms with Crippen molar-refractivity contribution >= 4 is 28.0 Å². The van der Waals surface area contributed by atoms with E-state index in [0.717, 1.165) is 15.6 Å². The van der Waals surface area contributed by atoms with E-state index in [0.29, 0.717) is 23.0 Å². The van der Waals surface area contributed by atoms with Crippen molar-refractivity contribution in [3.05, 3.63) is 52.0 Å². The minimum absolute atomic E-state index is 0.463. The van der Waals surface area contributed by atoms with Gasteiger partial charge in [0, 0.05) is 6.08 Å². The van der Waals surface area contributed by atoms with E-state index < -0.39 is 5.97 Å². The van der Waals surface area contributed by atoms with Gasteiger partial charge in [-0.15, -0.1) is 0 Å². The highest BCUT2D eigenvalue weighted by atomic mass is 79.9. The predicted octanol–water partition coefficient (Wildman–Crippen LogP) is 4.40. The zero-order chi connectivity index (χ0) is 18.4. The molecule has 0 radical (unpaired) electrons. The van der Waals surface area contributed by atoms with Crippen molar-refractivity contribution in [3.8, 4) is 23.0 Å². The molecule has 0 N–H and O–H groups in total. The van der Waals surface area contributed by atoms with Crippen molar-refractivity contribution < 1.29 is 23.7 Å². The average Bonchev–Trinajstić information content (AvgIpc) is 2.61. The molecule has 0 aromatic heterocycles. The van der Waals surface area contributed by atoms with E-state index in [4.69, 9.17) is 18.9 Å². The van der Waals surface area contributed by atoms with E-state index in [1.165, 1.54) is 27.4 Å². The van der Waals surface area contributed by atoms with Gasteiger partial charge in [0.05, 0.1) is 25.8 Å². The van der Waals surface area contributed by atoms with Crippen LogP contribution in [0.3, 0.4) is 0 Å². The smallest absolute Gasteiger partial charge is 0.336 e. The van der Waals surface area contributed by atoms with Gasteiger partial charge in [0.15, 0.2) is 11.5 Å². The van der Waals surface area contributed by atoms with Gasteiger partial charge in [-0.3, -0.25) is 0 Å². The van der Waals surface area contributed by atoms with Gasteiger partial charge in [-0.1, -0.05) is 6.07 Å². The Morgan fingerprint density at radius 1 is 0.960 bits per heavy atom. The standard InChI is InChI=1S/C19H19BrO5/c1-12-5-7-15(14(20)9-12)25-18(21)8-6-13-10-16(22-2)19(24-4)17(11-13)23-3/h5-11H,1-4H3/b8-6+. The first-order chi connectivity index (χ1) is 12.0. The van der Waals surface area contributed by atoms with Gasteiger partial charge in [-0.25, -0.2) is 4.79 Å². The molecular formula is C19H19BrO5. The first kappa shape index (κ1) is 18.9. The highest BCUT2D eigenvalue weighted by Crippen LogP contribution is 2.38. The number of methoxy groups -OCH3 is 3. The minimum Gasteiger partial charge on any atom is -0.493 e. The largest absolute Gasteiger partial charge is 0.493 e. The summed E-state index contributed by atoms with van der Waals surface area (Å²) >= 11 is 3.38. The molecule has 0 aliphatic rings. The third kappa shape index (κ3) is 4.76. The summed E-state index contributed by atoms with van der Waals surface area (Å²) in [6, 6.07) is 8.98. The van der Waals surface area contributed by atoms with Crippen LogP contribution in [0.2, 0.25) is 0 Å². The Hall–Kier alpha value is -2.47. The van der Waals surface area contributed by atoms with Gasteiger partial charge in [0.2, 0.25) is 5.75 Å². The van der Waals surface area contributed by atoms with Crippen molar-refractivity contribution in [2.24, 2.45) is 0 Å². The molecule has 5 nitrogen and oxygen atoms in total. The van der Waals surface area contributed by atoms with E-state index in [1.54, 1.807) is 24.3 Å². The van der Waals surface area contributed by atoms with E-state index >= 15 is 0 Å². The Morgan fingerprint density at radius 3 is 2.12 bits per heavy atom. The Kier molecular flexibility index (Phi) is 6.47. The van der Waals surface area contributed by atoms with Crippen LogP contribution in [0.15, 0.2) is 40.9 Å². The Labute approximate surface area is 155 Å². The second kappa shape index (κ2) is 8.58. The van der Waals surface area contributed by atoms with Crippen molar-refractivity contribution in [3.63, 3.8) is 0 Å². The Bertz CT molecular complexity index is 773. The highest BCUT2D eigenvalue weighted by molar-refractivity contribution is 9.10. The SMILES string of the molecule is COc1cc(/C=C/C(=O)Oc2ccc(C)cc2Br)cc(OC)c1OC. The van der Waals surface area contributed by atoms with Gasteiger partial charge >= 0.3 is 5.97 Å². The molecule has 0 saturated carbocycles. The van der Waals surface area contributed by atoms with Crippen LogP contribution >= 0.6 is 15.9 Å². The fraction of sp³-hybridized carbons (Fsp3) is 0.211. The minimum atomic E-state index is -0.488. The molecule has 2 aromatic carbocycles. The van der Waals surface area contributed by atoms with Crippen molar-refractivity contribution in [1.82, 2.24) is 0 Å². The number of carbonyl (C=O) groups excluding carboxylic acids is 1. The number of hydrogen-bond donors (Lipinski definition) is 0. The third-order valence-corrected chi connectivity index (χ3v) is 4.02. The van der Waals surface area contributed by atoms with Crippen molar-refractivity contribution in [1.29, 1.82) is 0 Å². The molecular weight excluding hydrogens is 388 g/mol. The maximum atomic E-state index is 12.0. The topological polar surface area (TPSA) is 54.0 Å². The zero-order valence-electron chi connectivity index (χ0n) is 14.5. The van der Waals surface area contributed by atoms with E-state index in [1.807, 2.05) is 19.1 Å². The lowest BCUT2D eigenvalue weighted by Gasteiger charge is -2.12. The molecule has 0 atom stereocenters. The lowest BCUT2D eigenvalue weighted by molar-refractivity contribution is -0.128. The second-order valence-corrected chi connectivity index (χ2v) is 6.00. The number of benzene rings is 2. The van der Waals surface area contributed by atoms with Gasteiger partial charge < -0.3 is 18.9 Å². The van der Waals surface area contributed by atoms with Gasteiger partial charge in [-0.05, 0) is 64.3 Å². The van der Waals surface area contributed by atoms with E-state index in [2.05, 4.69) is 15.9 Å². The molecule has 0 heterocycles. The summed E-state index contributed by atoms with van der Waals surface area (Å²) < 4.78 is 21.9. The van der Waals surface area contributed by atoms with Crippen molar-refractivity contribution in [2.45, 2.75) is 6.92 Å². The molecule has 0 amide bonds. The van der Waals surface area contributed by atoms with Crippen LogP contribution in [0.25, 0.3) is 6.08 Å². The molecule has 0 saturated heterocycles. The quantitative estimate of drug-likeness (QED) is 0.404. The van der Waals surface area contributed by atoms with Gasteiger partial charge in [-0.2, -0.15) is 0 Å². The molecule has 0 aliphatic carbocycles. The van der Waals surface area contributed by atoms with E-state index in [9.17, 15) is 4.79 Å². The normalized spacial score (nSPS) is 10.6. The van der Waals surface area contributed by atoms with Gasteiger partial charge in [0.25, 0.3) is 0 Å². The summed E-state index contributed by atoms with van der Waals surface area (Å²) in [5.74, 6) is 1.49. The maximum absolute atomic E-state index is 12.0. The third-order valence-electron chi connectivity index (χ3n) is 3.40. The van der Waals surface area contributed by atoms with E-state index in [-0.39, 0.29) is 0 Å². The van der Waals surface area contributed by atoms with Crippen LogP contribution in [-0.4, -0.2) is 27.3 Å². The Balaban J connectivity index is 2.19. The van der Waals surface area contributed by atoms with Crippen LogP contribution in [0.5, 0.6) is 23.0 Å². The van der Waals surface area contributed by atoms with Crippen LogP contribution < -0.4 is 18.9 Å². The summed E-state index contributed by atoms with van der Waals surface area (Å²) in [6.45, 7) is 1.96. The fourth-order valence-corrected chi connectivity index (χ4v) is 2.77. The first-order valence-electron chi connectivity index (χ1n) is 7.44. The lowest BCUT2D eigenvalue weighted by Crippen LogP contribution is -2.04. The molecule has 2 rings (SSSR count). The average molecular weight is 407 g/mol. The summed E-state index contributed by atoms with van der Waals surface area (Å²) in [5.41, 5.74) is 1.79. The van der Waals surface area contributed by atoms with Crippen molar-refractivity contribution in [2.75, 3.05) is 21.3 Å². The zero-order valence-corrected chi connectivity index (χ0v) is 16.0. The molecule has 6 heteroatoms. The number of halogens is 1. The fourth-order valence-electron chi connectivity index (χ4n) is 2.19. The lowest BCUT2D eigenvalue weighted by atomic mass is 10.1. The number of rotatable bonds is 6. The summed E-state index contributed by atoms with van der Waals surface area (Å²) in [7, 11) is 4.61. The first-order valence-corrected chi connectivity index (χ1v) is 8.23. The van der Waals surface area contributed by atoms with Crippen LogP contribution in [0, 0.1) is 6.92 Å². The number of esters is 1. The molecule has 2 aromatic rings. The Morgan fingerprint density at radius 2 is 1.60 bits per heavy atom. The highest BCUT2D eigenvalue weighted by Gasteiger charge is 2.12. The van der Waals surface area contributed by atoms with Gasteiger partial charge in [0.1, 0.15) is 5.75 Å². The summed E-state index contributed by atoms with van der Waals surface area (Å²) in [4.78, 5) is 12.0. The predicted molar refractivity (Wildman–Crippen MR) is 99.6 cm³/mol. The maximum Gasteiger partial charge on any atom is 0.336 e. The summed E-state index contributed by atoms with van der Waals surface area (Å²) in [6.07, 6.45) is 2.96. The van der Waals surface area contributed by atoms with Crippen LogP contribution in [0.4, 0.5) is 0 Å². The molecule has 0 bridgehead atoms. The number of aryl methyl sites for hydroxylation is 1. The van der Waals surface area contributed by atoms with Crippen LogP contribution in [0.1, 0.15) is 11.1 Å². The molecule has 0 spiro atoms. The monoisotopic (exact) mass is 406 g/mol. The van der Waals surface area contributed by atoms with Crippen LogP contribution in [-0.2, 0) is 4.79 Å². The number of hydrogen-bond acceptors (Lipinski definition) is 5. The number of ether oxygens (including phenoxy) is 4. The molecule has 0 aliphatic heterocycles. The molecule has 25 heavy (non-hydrogen) atoms. The molecule has 0 fully saturated rings. The molecule has 0 unspecified atom stereocenters.